The highest BCUT2D eigenvalue weighted by atomic mass is 32.2. The highest BCUT2D eigenvalue weighted by Crippen LogP contribution is 2.28. The molecule has 0 atom stereocenters. The Kier molecular flexibility index (Phi) is 3.48. The van der Waals surface area contributed by atoms with Crippen LogP contribution in [0.1, 0.15) is 6.92 Å². The molecule has 0 saturated heterocycles. The monoisotopic (exact) mass is 251 g/mol. The van der Waals surface area contributed by atoms with Crippen molar-refractivity contribution in [3.8, 4) is 5.88 Å². The first kappa shape index (κ1) is 11.7. The van der Waals surface area contributed by atoms with E-state index in [9.17, 15) is 0 Å². The number of pyridine rings is 1. The van der Waals surface area contributed by atoms with Gasteiger partial charge >= 0.3 is 0 Å². The van der Waals surface area contributed by atoms with Crippen LogP contribution in [0.25, 0.3) is 0 Å². The molecule has 0 amide bonds. The van der Waals surface area contributed by atoms with Crippen LogP contribution in [-0.4, -0.2) is 26.4 Å². The summed E-state index contributed by atoms with van der Waals surface area (Å²) >= 11 is 1.41. The molecule has 0 bridgehead atoms. The van der Waals surface area contributed by atoms with Crippen molar-refractivity contribution in [2.45, 2.75) is 17.1 Å². The van der Waals surface area contributed by atoms with E-state index in [2.05, 4.69) is 15.1 Å². The first-order valence-electron chi connectivity index (χ1n) is 5.12. The van der Waals surface area contributed by atoms with Gasteiger partial charge in [-0.3, -0.25) is 0 Å². The molecular weight excluding hydrogens is 238 g/mol. The lowest BCUT2D eigenvalue weighted by molar-refractivity contribution is 0.326. The zero-order valence-electron chi connectivity index (χ0n) is 9.62. The van der Waals surface area contributed by atoms with Crippen molar-refractivity contribution in [2.75, 3.05) is 12.3 Å². The molecule has 90 valence electrons. The Hall–Kier alpha value is -1.76. The predicted octanol–water partition coefficient (Wildman–Crippen LogP) is 1.34. The van der Waals surface area contributed by atoms with Crippen molar-refractivity contribution >= 4 is 17.4 Å². The summed E-state index contributed by atoms with van der Waals surface area (Å²) in [7, 11) is 1.83. The van der Waals surface area contributed by atoms with Gasteiger partial charge in [0.15, 0.2) is 5.16 Å². The predicted molar refractivity (Wildman–Crippen MR) is 64.9 cm³/mol. The average molecular weight is 251 g/mol. The average Bonchev–Trinajstić information content (AvgIpc) is 2.70. The fourth-order valence-corrected chi connectivity index (χ4v) is 1.95. The molecule has 17 heavy (non-hydrogen) atoms. The molecule has 0 aliphatic heterocycles. The minimum Gasteiger partial charge on any atom is -0.476 e. The summed E-state index contributed by atoms with van der Waals surface area (Å²) < 4.78 is 7.02. The van der Waals surface area contributed by atoms with Crippen LogP contribution < -0.4 is 10.5 Å². The van der Waals surface area contributed by atoms with Gasteiger partial charge in [-0.05, 0) is 30.8 Å². The Bertz CT molecular complexity index is 513. The van der Waals surface area contributed by atoms with Gasteiger partial charge in [-0.1, -0.05) is 0 Å². The van der Waals surface area contributed by atoms with Gasteiger partial charge in [0.05, 0.1) is 12.3 Å². The molecule has 0 aromatic carbocycles. The summed E-state index contributed by atoms with van der Waals surface area (Å²) in [6.45, 7) is 2.43. The molecule has 7 heteroatoms. The van der Waals surface area contributed by atoms with Crippen molar-refractivity contribution in [1.29, 1.82) is 0 Å². The fraction of sp³-hybridized carbons (Fsp3) is 0.300. The fourth-order valence-electron chi connectivity index (χ4n) is 1.21. The zero-order chi connectivity index (χ0) is 12.3. The van der Waals surface area contributed by atoms with E-state index in [1.165, 1.54) is 18.1 Å². The molecule has 0 unspecified atom stereocenters. The van der Waals surface area contributed by atoms with E-state index in [1.807, 2.05) is 20.0 Å². The van der Waals surface area contributed by atoms with E-state index in [1.54, 1.807) is 10.7 Å². The van der Waals surface area contributed by atoms with E-state index >= 15 is 0 Å². The molecule has 0 radical (unpaired) electrons. The van der Waals surface area contributed by atoms with E-state index in [0.717, 1.165) is 10.2 Å². The number of nitrogens with zero attached hydrogens (tertiary/aromatic N) is 4. The molecule has 2 aromatic heterocycles. The van der Waals surface area contributed by atoms with Crippen molar-refractivity contribution in [2.24, 2.45) is 7.05 Å². The van der Waals surface area contributed by atoms with Crippen LogP contribution in [0.5, 0.6) is 5.88 Å². The van der Waals surface area contributed by atoms with E-state index < -0.39 is 0 Å². The third-order valence-electron chi connectivity index (χ3n) is 2.01. The third kappa shape index (κ3) is 2.68. The molecule has 0 spiro atoms. The van der Waals surface area contributed by atoms with E-state index in [0.29, 0.717) is 18.2 Å². The number of nitrogens with two attached hydrogens (primary N) is 1. The van der Waals surface area contributed by atoms with Gasteiger partial charge in [-0.15, -0.1) is 0 Å². The van der Waals surface area contributed by atoms with Gasteiger partial charge in [-0.25, -0.2) is 14.6 Å². The number of ether oxygens (including phenoxy) is 1. The normalized spacial score (nSPS) is 10.5. The Morgan fingerprint density at radius 3 is 2.94 bits per heavy atom. The maximum Gasteiger partial charge on any atom is 0.238 e. The Labute approximate surface area is 103 Å². The summed E-state index contributed by atoms with van der Waals surface area (Å²) in [6, 6.07) is 3.61. The number of aromatic nitrogens is 4. The molecule has 2 heterocycles. The summed E-state index contributed by atoms with van der Waals surface area (Å²) in [5.74, 6) is 0.458. The molecular formula is C10H13N5OS. The van der Waals surface area contributed by atoms with Gasteiger partial charge in [0.1, 0.15) is 11.4 Å². The quantitative estimate of drug-likeness (QED) is 0.883. The molecule has 2 rings (SSSR count). The molecule has 2 aromatic rings. The second-order valence-corrected chi connectivity index (χ2v) is 4.23. The summed E-state index contributed by atoms with van der Waals surface area (Å²) in [6.07, 6.45) is 1.50. The number of hydrogen-bond donors (Lipinski definition) is 1. The number of anilines is 1. The molecule has 0 fully saturated rings. The molecule has 0 aliphatic rings. The van der Waals surface area contributed by atoms with Gasteiger partial charge in [0.2, 0.25) is 5.88 Å². The van der Waals surface area contributed by atoms with E-state index in [-0.39, 0.29) is 0 Å². The van der Waals surface area contributed by atoms with Crippen molar-refractivity contribution < 1.29 is 4.74 Å². The maximum atomic E-state index is 5.75. The maximum absolute atomic E-state index is 5.75. The van der Waals surface area contributed by atoms with Crippen LogP contribution in [0, 0.1) is 0 Å². The van der Waals surface area contributed by atoms with Crippen molar-refractivity contribution in [3.63, 3.8) is 0 Å². The first-order chi connectivity index (χ1) is 8.20. The minimum absolute atomic E-state index is 0.458. The van der Waals surface area contributed by atoms with Crippen molar-refractivity contribution in [1.82, 2.24) is 19.7 Å². The lowest BCUT2D eigenvalue weighted by Crippen LogP contribution is -2.00. The Morgan fingerprint density at radius 1 is 1.47 bits per heavy atom. The third-order valence-corrected chi connectivity index (χ3v) is 3.00. The lowest BCUT2D eigenvalue weighted by Gasteiger charge is -2.07. The van der Waals surface area contributed by atoms with Gasteiger partial charge in [0, 0.05) is 7.05 Å². The number of rotatable bonds is 4. The molecule has 6 nitrogen and oxygen atoms in total. The SMILES string of the molecule is CCOc1nc(Sc2ncnn2C)ccc1N. The molecule has 0 aliphatic carbocycles. The van der Waals surface area contributed by atoms with Crippen LogP contribution in [-0.2, 0) is 7.05 Å². The second kappa shape index (κ2) is 5.05. The topological polar surface area (TPSA) is 78.9 Å². The summed E-state index contributed by atoms with van der Waals surface area (Å²) in [5.41, 5.74) is 6.29. The lowest BCUT2D eigenvalue weighted by atomic mass is 10.4. The standard InChI is InChI=1S/C10H13N5OS/c1-3-16-9-7(11)4-5-8(14-9)17-10-12-6-13-15(10)2/h4-6H,3,11H2,1-2H3. The Balaban J connectivity index is 2.22. The highest BCUT2D eigenvalue weighted by Gasteiger charge is 2.08. The number of aryl methyl sites for hydroxylation is 1. The van der Waals surface area contributed by atoms with Crippen LogP contribution in [0.3, 0.4) is 0 Å². The zero-order valence-corrected chi connectivity index (χ0v) is 10.4. The number of hydrogen-bond acceptors (Lipinski definition) is 6. The van der Waals surface area contributed by atoms with Gasteiger partial charge in [0.25, 0.3) is 0 Å². The first-order valence-corrected chi connectivity index (χ1v) is 5.93. The van der Waals surface area contributed by atoms with Crippen LogP contribution in [0.15, 0.2) is 28.6 Å². The molecule has 0 saturated carbocycles. The largest absolute Gasteiger partial charge is 0.476 e. The highest BCUT2D eigenvalue weighted by molar-refractivity contribution is 7.99. The number of nitrogen functional groups attached to an aromatic ring is 1. The van der Waals surface area contributed by atoms with Crippen LogP contribution >= 0.6 is 11.8 Å². The summed E-state index contributed by atoms with van der Waals surface area (Å²) in [4.78, 5) is 8.42. The molecule has 2 N–H and O–H groups in total. The van der Waals surface area contributed by atoms with Gasteiger partial charge < -0.3 is 10.5 Å². The van der Waals surface area contributed by atoms with Gasteiger partial charge in [-0.2, -0.15) is 5.10 Å². The van der Waals surface area contributed by atoms with Crippen LogP contribution in [0.2, 0.25) is 0 Å². The van der Waals surface area contributed by atoms with E-state index in [4.69, 9.17) is 10.5 Å². The summed E-state index contributed by atoms with van der Waals surface area (Å²) in [5, 5.41) is 5.53. The van der Waals surface area contributed by atoms with Crippen molar-refractivity contribution in [3.05, 3.63) is 18.5 Å². The van der Waals surface area contributed by atoms with Crippen LogP contribution in [0.4, 0.5) is 5.69 Å². The smallest absolute Gasteiger partial charge is 0.238 e. The Morgan fingerprint density at radius 2 is 2.29 bits per heavy atom. The second-order valence-electron chi connectivity index (χ2n) is 3.25. The minimum atomic E-state index is 0.458.